The van der Waals surface area contributed by atoms with Crippen LogP contribution in [0.5, 0.6) is 0 Å². The largest absolute Gasteiger partial charge is 0.349 e. The van der Waals surface area contributed by atoms with Gasteiger partial charge in [-0.15, -0.1) is 0 Å². The number of ketones is 1. The zero-order valence-corrected chi connectivity index (χ0v) is 13.3. The summed E-state index contributed by atoms with van der Waals surface area (Å²) in [5.74, 6) is -1.26. The van der Waals surface area contributed by atoms with Gasteiger partial charge in [0, 0.05) is 62.6 Å². The molecule has 1 aromatic carbocycles. The predicted octanol–water partition coefficient (Wildman–Crippen LogP) is 2.10. The van der Waals surface area contributed by atoms with E-state index in [9.17, 15) is 18.8 Å². The summed E-state index contributed by atoms with van der Waals surface area (Å²) in [6.45, 7) is 0.549. The van der Waals surface area contributed by atoms with Crippen molar-refractivity contribution in [2.24, 2.45) is 0 Å². The molecule has 1 fully saturated rings. The van der Waals surface area contributed by atoms with Gasteiger partial charge in [-0.3, -0.25) is 14.4 Å². The average Bonchev–Trinajstić information content (AvgIpc) is 3.03. The summed E-state index contributed by atoms with van der Waals surface area (Å²) in [5.41, 5.74) is 1.08. The molecule has 0 N–H and O–H groups in total. The van der Waals surface area contributed by atoms with Crippen LogP contribution in [0.4, 0.5) is 10.1 Å². The number of anilines is 1. The van der Waals surface area contributed by atoms with Gasteiger partial charge in [-0.25, -0.2) is 4.39 Å². The SMILES string of the molecule is CN(C)C(=O)CC1CC(=O)c2cc(N3CCCC3=O)cc(F)c21. The molecule has 2 amide bonds. The number of carbonyl (C=O) groups is 3. The van der Waals surface area contributed by atoms with E-state index >= 15 is 0 Å². The van der Waals surface area contributed by atoms with Crippen LogP contribution < -0.4 is 4.90 Å². The van der Waals surface area contributed by atoms with Crippen LogP contribution in [0, 0.1) is 5.82 Å². The quantitative estimate of drug-likeness (QED) is 0.857. The molecule has 5 nitrogen and oxygen atoms in total. The van der Waals surface area contributed by atoms with Crippen LogP contribution in [-0.4, -0.2) is 43.1 Å². The van der Waals surface area contributed by atoms with Gasteiger partial charge < -0.3 is 9.80 Å². The Hall–Kier alpha value is -2.24. The van der Waals surface area contributed by atoms with E-state index in [1.807, 2.05) is 0 Å². The lowest BCUT2D eigenvalue weighted by molar-refractivity contribution is -0.129. The second-order valence-corrected chi connectivity index (χ2v) is 6.35. The Morgan fingerprint density at radius 3 is 2.70 bits per heavy atom. The van der Waals surface area contributed by atoms with Crippen LogP contribution in [0.1, 0.15) is 47.5 Å². The first-order chi connectivity index (χ1) is 10.9. The molecule has 6 heteroatoms. The Morgan fingerprint density at radius 2 is 2.09 bits per heavy atom. The molecule has 122 valence electrons. The van der Waals surface area contributed by atoms with Crippen molar-refractivity contribution in [2.75, 3.05) is 25.5 Å². The molecule has 0 radical (unpaired) electrons. The highest BCUT2D eigenvalue weighted by molar-refractivity contribution is 6.04. The Bertz CT molecular complexity index is 699. The van der Waals surface area contributed by atoms with Gasteiger partial charge in [0.05, 0.1) is 0 Å². The normalized spacial score (nSPS) is 20.1. The van der Waals surface area contributed by atoms with Crippen LogP contribution in [-0.2, 0) is 9.59 Å². The summed E-state index contributed by atoms with van der Waals surface area (Å²) in [5, 5.41) is 0. The molecule has 1 saturated heterocycles. The molecule has 3 rings (SSSR count). The number of Topliss-reactive ketones (excluding diaryl/α,β-unsaturated/α-hetero) is 1. The van der Waals surface area contributed by atoms with Gasteiger partial charge in [0.25, 0.3) is 0 Å². The molecular weight excluding hydrogens is 299 g/mol. The van der Waals surface area contributed by atoms with Crippen molar-refractivity contribution in [1.29, 1.82) is 0 Å². The van der Waals surface area contributed by atoms with Crippen LogP contribution >= 0.6 is 0 Å². The van der Waals surface area contributed by atoms with E-state index in [4.69, 9.17) is 0 Å². The fourth-order valence-corrected chi connectivity index (χ4v) is 3.33. The van der Waals surface area contributed by atoms with Gasteiger partial charge in [0.1, 0.15) is 5.82 Å². The Labute approximate surface area is 134 Å². The Morgan fingerprint density at radius 1 is 1.35 bits per heavy atom. The van der Waals surface area contributed by atoms with Crippen LogP contribution in [0.2, 0.25) is 0 Å². The number of benzene rings is 1. The molecule has 1 heterocycles. The van der Waals surface area contributed by atoms with E-state index in [-0.39, 0.29) is 30.4 Å². The summed E-state index contributed by atoms with van der Waals surface area (Å²) in [4.78, 5) is 38.9. The minimum Gasteiger partial charge on any atom is -0.349 e. The topological polar surface area (TPSA) is 57.7 Å². The molecule has 23 heavy (non-hydrogen) atoms. The third-order valence-corrected chi connectivity index (χ3v) is 4.56. The number of rotatable bonds is 3. The Balaban J connectivity index is 1.95. The third-order valence-electron chi connectivity index (χ3n) is 4.56. The molecule has 0 saturated carbocycles. The maximum absolute atomic E-state index is 14.6. The van der Waals surface area contributed by atoms with Crippen molar-refractivity contribution in [3.05, 3.63) is 29.1 Å². The number of nitrogens with zero attached hydrogens (tertiary/aromatic N) is 2. The predicted molar refractivity (Wildman–Crippen MR) is 83.0 cm³/mol. The van der Waals surface area contributed by atoms with E-state index < -0.39 is 11.7 Å². The van der Waals surface area contributed by atoms with Crippen molar-refractivity contribution in [3.8, 4) is 0 Å². The highest BCUT2D eigenvalue weighted by Gasteiger charge is 2.35. The van der Waals surface area contributed by atoms with Gasteiger partial charge in [-0.1, -0.05) is 0 Å². The van der Waals surface area contributed by atoms with Gasteiger partial charge in [-0.2, -0.15) is 0 Å². The fraction of sp³-hybridized carbons (Fsp3) is 0.471. The van der Waals surface area contributed by atoms with Crippen molar-refractivity contribution >= 4 is 23.3 Å². The molecule has 0 aromatic heterocycles. The third kappa shape index (κ3) is 2.73. The van der Waals surface area contributed by atoms with E-state index in [1.54, 1.807) is 20.2 Å². The van der Waals surface area contributed by atoms with Gasteiger partial charge in [0.2, 0.25) is 11.8 Å². The highest BCUT2D eigenvalue weighted by Crippen LogP contribution is 2.40. The summed E-state index contributed by atoms with van der Waals surface area (Å²) in [6.07, 6.45) is 1.45. The van der Waals surface area contributed by atoms with Crippen molar-refractivity contribution in [1.82, 2.24) is 4.90 Å². The number of hydrogen-bond donors (Lipinski definition) is 0. The van der Waals surface area contributed by atoms with Crippen molar-refractivity contribution < 1.29 is 18.8 Å². The van der Waals surface area contributed by atoms with Crippen molar-refractivity contribution in [3.63, 3.8) is 0 Å². The van der Waals surface area contributed by atoms with Crippen LogP contribution in [0.3, 0.4) is 0 Å². The summed E-state index contributed by atoms with van der Waals surface area (Å²) in [6, 6.07) is 2.91. The maximum Gasteiger partial charge on any atom is 0.227 e. The van der Waals surface area contributed by atoms with Crippen LogP contribution in [0.15, 0.2) is 12.1 Å². The van der Waals surface area contributed by atoms with Crippen molar-refractivity contribution in [2.45, 2.75) is 31.6 Å². The molecule has 1 atom stereocenters. The number of fused-ring (bicyclic) bond motifs is 1. The minimum absolute atomic E-state index is 0.0471. The Kier molecular flexibility index (Phi) is 3.92. The zero-order chi connectivity index (χ0) is 16.7. The summed E-state index contributed by atoms with van der Waals surface area (Å²) >= 11 is 0. The molecule has 1 aromatic rings. The first-order valence-corrected chi connectivity index (χ1v) is 7.75. The van der Waals surface area contributed by atoms with E-state index in [0.717, 1.165) is 6.42 Å². The van der Waals surface area contributed by atoms with Gasteiger partial charge >= 0.3 is 0 Å². The summed E-state index contributed by atoms with van der Waals surface area (Å²) in [7, 11) is 3.27. The fourth-order valence-electron chi connectivity index (χ4n) is 3.33. The second kappa shape index (κ2) is 5.76. The lowest BCUT2D eigenvalue weighted by Gasteiger charge is -2.19. The van der Waals surface area contributed by atoms with Crippen LogP contribution in [0.25, 0.3) is 0 Å². The molecule has 2 aliphatic rings. The van der Waals surface area contributed by atoms with E-state index in [2.05, 4.69) is 0 Å². The monoisotopic (exact) mass is 318 g/mol. The van der Waals surface area contributed by atoms with Gasteiger partial charge in [0.15, 0.2) is 5.78 Å². The standard InChI is InChI=1S/C17H19FN2O3/c1-19(2)16(23)7-10-6-14(21)12-8-11(9-13(18)17(10)12)20-5-3-4-15(20)22/h8-10H,3-7H2,1-2H3. The number of amides is 2. The molecule has 1 aliphatic carbocycles. The smallest absolute Gasteiger partial charge is 0.227 e. The average molecular weight is 318 g/mol. The molecule has 1 unspecified atom stereocenters. The second-order valence-electron chi connectivity index (χ2n) is 6.35. The zero-order valence-electron chi connectivity index (χ0n) is 13.3. The van der Waals surface area contributed by atoms with E-state index in [1.165, 1.54) is 15.9 Å². The highest BCUT2D eigenvalue weighted by atomic mass is 19.1. The first-order valence-electron chi connectivity index (χ1n) is 7.75. The number of halogens is 1. The lowest BCUT2D eigenvalue weighted by Crippen LogP contribution is -2.24. The lowest BCUT2D eigenvalue weighted by atomic mass is 9.96. The maximum atomic E-state index is 14.6. The van der Waals surface area contributed by atoms with E-state index in [0.29, 0.717) is 29.8 Å². The minimum atomic E-state index is -0.500. The molecular formula is C17H19FN2O3. The molecule has 0 spiro atoms. The summed E-state index contributed by atoms with van der Waals surface area (Å²) < 4.78 is 14.6. The van der Waals surface area contributed by atoms with Gasteiger partial charge in [-0.05, 0) is 18.6 Å². The first kappa shape index (κ1) is 15.6. The number of carbonyl (C=O) groups excluding carboxylic acids is 3. The number of hydrogen-bond acceptors (Lipinski definition) is 3. The molecule has 1 aliphatic heterocycles. The molecule has 0 bridgehead atoms.